The van der Waals surface area contributed by atoms with E-state index in [0.29, 0.717) is 0 Å². The van der Waals surface area contributed by atoms with Crippen molar-refractivity contribution in [1.82, 2.24) is 0 Å². The van der Waals surface area contributed by atoms with Crippen LogP contribution in [0.1, 0.15) is 20.3 Å². The van der Waals surface area contributed by atoms with Crippen LogP contribution in [0.4, 0.5) is 0 Å². The number of phenolic OH excluding ortho intramolecular Hbond substituents is 1. The Morgan fingerprint density at radius 3 is 2.56 bits per heavy atom. The zero-order valence-corrected chi connectivity index (χ0v) is 10.2. The van der Waals surface area contributed by atoms with Crippen molar-refractivity contribution in [3.05, 3.63) is 30.4 Å². The highest BCUT2D eigenvalue weighted by molar-refractivity contribution is 5.89. The molecule has 0 aliphatic rings. The molecule has 1 N–H and O–H groups in total. The monoisotopic (exact) mass is 250 g/mol. The lowest BCUT2D eigenvalue weighted by Gasteiger charge is -2.08. The molecule has 96 valence electrons. The highest BCUT2D eigenvalue weighted by Crippen LogP contribution is 2.30. The first-order chi connectivity index (χ1) is 8.43. The third-order valence-corrected chi connectivity index (χ3v) is 2.00. The molecule has 0 fully saturated rings. The summed E-state index contributed by atoms with van der Waals surface area (Å²) in [6.07, 6.45) is 0.224. The largest absolute Gasteiger partial charge is 0.504 e. The Morgan fingerprint density at radius 1 is 1.33 bits per heavy atom. The number of aromatic hydroxyl groups is 1. The maximum Gasteiger partial charge on any atom is 0.338 e. The minimum atomic E-state index is -0.663. The Hall–Kier alpha value is -2.30. The fourth-order valence-corrected chi connectivity index (χ4v) is 1.03. The predicted octanol–water partition coefficient (Wildman–Crippen LogP) is 2.19. The maximum atomic E-state index is 11.3. The number of carbonyl (C=O) groups excluding carboxylic acids is 2. The van der Waals surface area contributed by atoms with Crippen LogP contribution in [0.25, 0.3) is 0 Å². The molecule has 0 saturated heterocycles. The summed E-state index contributed by atoms with van der Waals surface area (Å²) in [5.74, 6) is -1.18. The van der Waals surface area contributed by atoms with Gasteiger partial charge in [0.1, 0.15) is 5.75 Å². The molecule has 0 saturated carbocycles. The van der Waals surface area contributed by atoms with Gasteiger partial charge in [-0.15, -0.1) is 0 Å². The van der Waals surface area contributed by atoms with Crippen LogP contribution in [-0.4, -0.2) is 17.0 Å². The minimum Gasteiger partial charge on any atom is -0.504 e. The van der Waals surface area contributed by atoms with E-state index in [2.05, 4.69) is 6.58 Å². The van der Waals surface area contributed by atoms with Crippen molar-refractivity contribution in [2.45, 2.75) is 20.3 Å². The van der Waals surface area contributed by atoms with Crippen molar-refractivity contribution in [3.8, 4) is 17.2 Å². The molecule has 5 nitrogen and oxygen atoms in total. The number of phenols is 1. The number of ether oxygens (including phenoxy) is 2. The molecule has 0 unspecified atom stereocenters. The first-order valence-electron chi connectivity index (χ1n) is 5.35. The SMILES string of the molecule is C=C(C)C(=O)Oc1cc(OC(=O)CC)ccc1O. The van der Waals surface area contributed by atoms with Crippen LogP contribution in [0.5, 0.6) is 17.2 Å². The van der Waals surface area contributed by atoms with Gasteiger partial charge >= 0.3 is 11.9 Å². The zero-order chi connectivity index (χ0) is 13.7. The van der Waals surface area contributed by atoms with Crippen LogP contribution < -0.4 is 9.47 Å². The fourth-order valence-electron chi connectivity index (χ4n) is 1.03. The number of esters is 2. The predicted molar refractivity (Wildman–Crippen MR) is 64.5 cm³/mol. The second-order valence-corrected chi connectivity index (χ2v) is 3.63. The summed E-state index contributed by atoms with van der Waals surface area (Å²) in [6.45, 7) is 6.57. The molecule has 0 radical (unpaired) electrons. The van der Waals surface area contributed by atoms with Gasteiger partial charge in [-0.3, -0.25) is 4.79 Å². The van der Waals surface area contributed by atoms with Crippen LogP contribution in [0.3, 0.4) is 0 Å². The van der Waals surface area contributed by atoms with Gasteiger partial charge in [-0.2, -0.15) is 0 Å². The third kappa shape index (κ3) is 3.62. The van der Waals surface area contributed by atoms with E-state index in [1.807, 2.05) is 0 Å². The Labute approximate surface area is 105 Å². The second-order valence-electron chi connectivity index (χ2n) is 3.63. The fraction of sp³-hybridized carbons (Fsp3) is 0.231. The standard InChI is InChI=1S/C13H14O5/c1-4-12(15)17-9-5-6-10(14)11(7-9)18-13(16)8(2)3/h5-7,14H,2,4H2,1,3H3. The van der Waals surface area contributed by atoms with Crippen molar-refractivity contribution in [2.75, 3.05) is 0 Å². The van der Waals surface area contributed by atoms with Crippen molar-refractivity contribution in [2.24, 2.45) is 0 Å². The lowest BCUT2D eigenvalue weighted by molar-refractivity contribution is -0.134. The molecule has 0 spiro atoms. The molecule has 18 heavy (non-hydrogen) atoms. The quantitative estimate of drug-likeness (QED) is 0.503. The van der Waals surface area contributed by atoms with E-state index in [1.165, 1.54) is 25.1 Å². The van der Waals surface area contributed by atoms with E-state index in [0.717, 1.165) is 0 Å². The summed E-state index contributed by atoms with van der Waals surface area (Å²) < 4.78 is 9.82. The number of hydrogen-bond acceptors (Lipinski definition) is 5. The molecule has 1 aromatic carbocycles. The van der Waals surface area contributed by atoms with E-state index < -0.39 is 11.9 Å². The van der Waals surface area contributed by atoms with Gasteiger partial charge in [0.2, 0.25) is 0 Å². The van der Waals surface area contributed by atoms with Gasteiger partial charge in [-0.25, -0.2) is 4.79 Å². The first-order valence-corrected chi connectivity index (χ1v) is 5.35. The third-order valence-electron chi connectivity index (χ3n) is 2.00. The highest BCUT2D eigenvalue weighted by atomic mass is 16.5. The average Bonchev–Trinajstić information content (AvgIpc) is 2.33. The van der Waals surface area contributed by atoms with E-state index in [1.54, 1.807) is 6.92 Å². The number of rotatable bonds is 4. The van der Waals surface area contributed by atoms with Crippen molar-refractivity contribution >= 4 is 11.9 Å². The van der Waals surface area contributed by atoms with Crippen molar-refractivity contribution in [1.29, 1.82) is 0 Å². The van der Waals surface area contributed by atoms with E-state index in [-0.39, 0.29) is 29.2 Å². The summed E-state index contributed by atoms with van der Waals surface area (Å²) in [4.78, 5) is 22.4. The van der Waals surface area contributed by atoms with E-state index >= 15 is 0 Å². The lowest BCUT2D eigenvalue weighted by Crippen LogP contribution is -2.09. The Morgan fingerprint density at radius 2 is 2.00 bits per heavy atom. The molecule has 1 rings (SSSR count). The molecule has 0 aliphatic carbocycles. The topological polar surface area (TPSA) is 72.8 Å². The van der Waals surface area contributed by atoms with Gasteiger partial charge < -0.3 is 14.6 Å². The first kappa shape index (κ1) is 13.8. The molecule has 0 aromatic heterocycles. The average molecular weight is 250 g/mol. The summed E-state index contributed by atoms with van der Waals surface area (Å²) in [7, 11) is 0. The Kier molecular flexibility index (Phi) is 4.48. The Bertz CT molecular complexity index is 490. The molecule has 0 aliphatic heterocycles. The van der Waals surface area contributed by atoms with E-state index in [9.17, 15) is 14.7 Å². The van der Waals surface area contributed by atoms with Crippen LogP contribution in [0, 0.1) is 0 Å². The normalized spacial score (nSPS) is 9.67. The molecule has 0 atom stereocenters. The summed E-state index contributed by atoms with van der Waals surface area (Å²) in [5, 5.41) is 9.51. The highest BCUT2D eigenvalue weighted by Gasteiger charge is 2.12. The second kappa shape index (κ2) is 5.86. The van der Waals surface area contributed by atoms with Gasteiger partial charge in [-0.05, 0) is 19.1 Å². The summed E-state index contributed by atoms with van der Waals surface area (Å²) in [6, 6.07) is 3.95. The Balaban J connectivity index is 2.91. The number of hydrogen-bond donors (Lipinski definition) is 1. The molecule has 0 heterocycles. The van der Waals surface area contributed by atoms with Crippen molar-refractivity contribution in [3.63, 3.8) is 0 Å². The summed E-state index contributed by atoms with van der Waals surface area (Å²) in [5.41, 5.74) is 0.199. The molecular weight excluding hydrogens is 236 g/mol. The number of benzene rings is 1. The molecule has 0 amide bonds. The van der Waals surface area contributed by atoms with Crippen LogP contribution in [-0.2, 0) is 9.59 Å². The molecule has 0 bridgehead atoms. The van der Waals surface area contributed by atoms with Gasteiger partial charge in [-0.1, -0.05) is 13.5 Å². The van der Waals surface area contributed by atoms with Gasteiger partial charge in [0, 0.05) is 18.1 Å². The van der Waals surface area contributed by atoms with Crippen LogP contribution in [0.2, 0.25) is 0 Å². The van der Waals surface area contributed by atoms with Crippen molar-refractivity contribution < 1.29 is 24.2 Å². The minimum absolute atomic E-state index is 0.0793. The van der Waals surface area contributed by atoms with Crippen LogP contribution in [0.15, 0.2) is 30.4 Å². The van der Waals surface area contributed by atoms with Crippen LogP contribution >= 0.6 is 0 Å². The maximum absolute atomic E-state index is 11.3. The lowest BCUT2D eigenvalue weighted by atomic mass is 10.3. The van der Waals surface area contributed by atoms with Gasteiger partial charge in [0.15, 0.2) is 11.5 Å². The smallest absolute Gasteiger partial charge is 0.338 e. The van der Waals surface area contributed by atoms with Gasteiger partial charge in [0.25, 0.3) is 0 Å². The molecule has 5 heteroatoms. The van der Waals surface area contributed by atoms with E-state index in [4.69, 9.17) is 9.47 Å². The molecular formula is C13H14O5. The summed E-state index contributed by atoms with van der Waals surface area (Å²) >= 11 is 0. The number of carbonyl (C=O) groups is 2. The zero-order valence-electron chi connectivity index (χ0n) is 10.2. The van der Waals surface area contributed by atoms with Gasteiger partial charge in [0.05, 0.1) is 0 Å². The molecule has 1 aromatic rings.